The van der Waals surface area contributed by atoms with Crippen molar-refractivity contribution < 1.29 is 0 Å². The van der Waals surface area contributed by atoms with Gasteiger partial charge in [-0.05, 0) is 39.2 Å². The van der Waals surface area contributed by atoms with Crippen LogP contribution in [0, 0.1) is 5.92 Å². The number of piperazine rings is 1. The summed E-state index contributed by atoms with van der Waals surface area (Å²) in [6.45, 7) is 13.5. The predicted molar refractivity (Wildman–Crippen MR) is 68.7 cm³/mol. The second-order valence-corrected chi connectivity index (χ2v) is 5.65. The van der Waals surface area contributed by atoms with Gasteiger partial charge in [-0.3, -0.25) is 0 Å². The van der Waals surface area contributed by atoms with Crippen molar-refractivity contribution in [3.8, 4) is 0 Å². The Labute approximate surface area is 100 Å². The number of nitrogens with one attached hydrogen (secondary N) is 1. The molecule has 1 unspecified atom stereocenters. The first-order valence-corrected chi connectivity index (χ1v) is 6.93. The minimum Gasteiger partial charge on any atom is -0.314 e. The average molecular weight is 225 g/mol. The van der Waals surface area contributed by atoms with Gasteiger partial charge in [0.05, 0.1) is 0 Å². The molecule has 1 atom stereocenters. The predicted octanol–water partition coefficient (Wildman–Crippen LogP) is 1.01. The monoisotopic (exact) mass is 225 g/mol. The van der Waals surface area contributed by atoms with Crippen LogP contribution in [-0.4, -0.2) is 61.7 Å². The van der Waals surface area contributed by atoms with Crippen LogP contribution < -0.4 is 5.32 Å². The molecule has 0 aliphatic carbocycles. The van der Waals surface area contributed by atoms with E-state index in [1.165, 1.54) is 58.7 Å². The molecule has 0 bridgehead atoms. The van der Waals surface area contributed by atoms with Crippen LogP contribution in [-0.2, 0) is 0 Å². The highest BCUT2D eigenvalue weighted by Crippen LogP contribution is 2.19. The van der Waals surface area contributed by atoms with E-state index in [-0.39, 0.29) is 0 Å². The number of rotatable bonds is 3. The molecular weight excluding hydrogens is 198 g/mol. The van der Waals surface area contributed by atoms with E-state index in [1.807, 2.05) is 0 Å². The lowest BCUT2D eigenvalue weighted by atomic mass is 9.96. The molecule has 3 nitrogen and oxygen atoms in total. The molecule has 0 radical (unpaired) electrons. The third kappa shape index (κ3) is 3.44. The molecule has 2 fully saturated rings. The molecule has 94 valence electrons. The maximum atomic E-state index is 3.43. The van der Waals surface area contributed by atoms with Crippen molar-refractivity contribution >= 4 is 0 Å². The van der Waals surface area contributed by atoms with Gasteiger partial charge in [-0.25, -0.2) is 0 Å². The van der Waals surface area contributed by atoms with Gasteiger partial charge in [0.15, 0.2) is 0 Å². The van der Waals surface area contributed by atoms with E-state index in [9.17, 15) is 0 Å². The van der Waals surface area contributed by atoms with Gasteiger partial charge in [-0.15, -0.1) is 0 Å². The first-order chi connectivity index (χ1) is 7.75. The molecule has 0 amide bonds. The third-order valence-corrected chi connectivity index (χ3v) is 4.01. The van der Waals surface area contributed by atoms with Crippen molar-refractivity contribution in [2.45, 2.75) is 32.7 Å². The van der Waals surface area contributed by atoms with Gasteiger partial charge in [-0.1, -0.05) is 0 Å². The zero-order chi connectivity index (χ0) is 11.4. The maximum absolute atomic E-state index is 3.43. The molecule has 0 aromatic carbocycles. The first kappa shape index (κ1) is 12.3. The second-order valence-electron chi connectivity index (χ2n) is 5.65. The molecule has 1 N–H and O–H groups in total. The van der Waals surface area contributed by atoms with E-state index in [1.54, 1.807) is 0 Å². The zero-order valence-corrected chi connectivity index (χ0v) is 10.9. The summed E-state index contributed by atoms with van der Waals surface area (Å²) in [5, 5.41) is 3.43. The average Bonchev–Trinajstić information content (AvgIpc) is 2.30. The van der Waals surface area contributed by atoms with Crippen LogP contribution in [0.15, 0.2) is 0 Å². The molecule has 0 aromatic heterocycles. The Hall–Kier alpha value is -0.120. The van der Waals surface area contributed by atoms with E-state index in [0.717, 1.165) is 12.0 Å². The summed E-state index contributed by atoms with van der Waals surface area (Å²) in [6.07, 6.45) is 2.84. The second kappa shape index (κ2) is 5.99. The third-order valence-electron chi connectivity index (χ3n) is 4.01. The van der Waals surface area contributed by atoms with Gasteiger partial charge in [0.2, 0.25) is 0 Å². The Morgan fingerprint density at radius 1 is 1.19 bits per heavy atom. The normalized spacial score (nSPS) is 29.8. The lowest BCUT2D eigenvalue weighted by molar-refractivity contribution is 0.105. The molecule has 0 aromatic rings. The first-order valence-electron chi connectivity index (χ1n) is 6.93. The number of hydrogen-bond donors (Lipinski definition) is 1. The molecular formula is C13H27N3. The Bertz CT molecular complexity index is 199. The van der Waals surface area contributed by atoms with Crippen molar-refractivity contribution in [1.82, 2.24) is 15.1 Å². The largest absolute Gasteiger partial charge is 0.314 e. The lowest BCUT2D eigenvalue weighted by Gasteiger charge is -2.38. The minimum absolute atomic E-state index is 0.728. The molecule has 3 heteroatoms. The van der Waals surface area contributed by atoms with Crippen LogP contribution in [0.5, 0.6) is 0 Å². The van der Waals surface area contributed by atoms with Crippen molar-refractivity contribution in [2.75, 3.05) is 45.8 Å². The fourth-order valence-corrected chi connectivity index (χ4v) is 2.97. The molecule has 0 spiro atoms. The summed E-state index contributed by atoms with van der Waals surface area (Å²) in [5.74, 6) is 0.911. The fourth-order valence-electron chi connectivity index (χ4n) is 2.97. The van der Waals surface area contributed by atoms with E-state index in [4.69, 9.17) is 0 Å². The molecule has 0 saturated carbocycles. The zero-order valence-electron chi connectivity index (χ0n) is 10.9. The highest BCUT2D eigenvalue weighted by atomic mass is 15.2. The molecule has 2 heterocycles. The van der Waals surface area contributed by atoms with Crippen LogP contribution in [0.25, 0.3) is 0 Å². The van der Waals surface area contributed by atoms with Gasteiger partial charge in [0.1, 0.15) is 0 Å². The van der Waals surface area contributed by atoms with E-state index in [0.29, 0.717) is 0 Å². The SMILES string of the molecule is CC(C)N1CCCC(CN2CCNCC2)C1. The summed E-state index contributed by atoms with van der Waals surface area (Å²) in [4.78, 5) is 5.29. The Morgan fingerprint density at radius 3 is 2.62 bits per heavy atom. The van der Waals surface area contributed by atoms with Crippen LogP contribution in [0.3, 0.4) is 0 Å². The van der Waals surface area contributed by atoms with Gasteiger partial charge in [0.25, 0.3) is 0 Å². The molecule has 2 rings (SSSR count). The van der Waals surface area contributed by atoms with Gasteiger partial charge < -0.3 is 15.1 Å². The summed E-state index contributed by atoms with van der Waals surface area (Å²) < 4.78 is 0. The van der Waals surface area contributed by atoms with Crippen LogP contribution in [0.2, 0.25) is 0 Å². The van der Waals surface area contributed by atoms with Crippen molar-refractivity contribution in [2.24, 2.45) is 5.92 Å². The van der Waals surface area contributed by atoms with E-state index in [2.05, 4.69) is 29.0 Å². The summed E-state index contributed by atoms with van der Waals surface area (Å²) in [5.41, 5.74) is 0. The standard InChI is InChI=1S/C13H27N3/c1-12(2)16-7-3-4-13(11-16)10-15-8-5-14-6-9-15/h12-14H,3-11H2,1-2H3. The summed E-state index contributed by atoms with van der Waals surface area (Å²) in [7, 11) is 0. The Kier molecular flexibility index (Phi) is 4.62. The quantitative estimate of drug-likeness (QED) is 0.773. The smallest absolute Gasteiger partial charge is 0.0107 e. The number of hydrogen-bond acceptors (Lipinski definition) is 3. The van der Waals surface area contributed by atoms with E-state index < -0.39 is 0 Å². The highest BCUT2D eigenvalue weighted by Gasteiger charge is 2.23. The molecule has 2 aliphatic rings. The summed E-state index contributed by atoms with van der Waals surface area (Å²) >= 11 is 0. The highest BCUT2D eigenvalue weighted by molar-refractivity contribution is 4.79. The number of piperidine rings is 1. The topological polar surface area (TPSA) is 18.5 Å². The molecule has 2 aliphatic heterocycles. The molecule has 16 heavy (non-hydrogen) atoms. The Balaban J connectivity index is 1.75. The minimum atomic E-state index is 0.728. The van der Waals surface area contributed by atoms with Gasteiger partial charge in [0, 0.05) is 45.3 Å². The number of nitrogens with zero attached hydrogens (tertiary/aromatic N) is 2. The van der Waals surface area contributed by atoms with Crippen molar-refractivity contribution in [1.29, 1.82) is 0 Å². The molecule has 2 saturated heterocycles. The maximum Gasteiger partial charge on any atom is 0.0107 e. The summed E-state index contributed by atoms with van der Waals surface area (Å²) in [6, 6.07) is 0.728. The lowest BCUT2D eigenvalue weighted by Crippen LogP contribution is -2.48. The van der Waals surface area contributed by atoms with Gasteiger partial charge >= 0.3 is 0 Å². The Morgan fingerprint density at radius 2 is 1.94 bits per heavy atom. The van der Waals surface area contributed by atoms with Crippen LogP contribution in [0.1, 0.15) is 26.7 Å². The fraction of sp³-hybridized carbons (Fsp3) is 1.00. The van der Waals surface area contributed by atoms with Crippen LogP contribution >= 0.6 is 0 Å². The van der Waals surface area contributed by atoms with Gasteiger partial charge in [-0.2, -0.15) is 0 Å². The van der Waals surface area contributed by atoms with Crippen molar-refractivity contribution in [3.63, 3.8) is 0 Å². The van der Waals surface area contributed by atoms with Crippen molar-refractivity contribution in [3.05, 3.63) is 0 Å². The van der Waals surface area contributed by atoms with E-state index >= 15 is 0 Å². The number of likely N-dealkylation sites (tertiary alicyclic amines) is 1. The van der Waals surface area contributed by atoms with Crippen LogP contribution in [0.4, 0.5) is 0 Å².